The van der Waals surface area contributed by atoms with Gasteiger partial charge in [0.25, 0.3) is 0 Å². The maximum Gasteiger partial charge on any atom is -0.00264 e. The molecule has 42 heavy (non-hydrogen) atoms. The van der Waals surface area contributed by atoms with Crippen LogP contribution < -0.4 is 0 Å². The van der Waals surface area contributed by atoms with Gasteiger partial charge in [-0.3, -0.25) is 0 Å². The maximum atomic E-state index is 2.40. The van der Waals surface area contributed by atoms with Crippen LogP contribution in [0.1, 0.15) is 0 Å². The van der Waals surface area contributed by atoms with Crippen LogP contribution in [-0.4, -0.2) is 0 Å². The highest BCUT2D eigenvalue weighted by molar-refractivity contribution is 6.17. The number of hydrogen-bond donors (Lipinski definition) is 0. The third-order valence-corrected chi connectivity index (χ3v) is 9.54. The molecule has 0 bridgehead atoms. The summed E-state index contributed by atoms with van der Waals surface area (Å²) in [6, 6.07) is 54.3. The first-order chi connectivity index (χ1) is 20.8. The van der Waals surface area contributed by atoms with Gasteiger partial charge in [0.1, 0.15) is 0 Å². The fourth-order valence-electron chi connectivity index (χ4n) is 7.63. The van der Waals surface area contributed by atoms with Crippen LogP contribution in [0.15, 0.2) is 146 Å². The molecule has 0 aliphatic heterocycles. The Bertz CT molecular complexity index is 2450. The summed E-state index contributed by atoms with van der Waals surface area (Å²) in [5.74, 6) is 0. The normalized spacial score (nSPS) is 12.3. The van der Waals surface area contributed by atoms with E-state index in [0.29, 0.717) is 0 Å². The van der Waals surface area contributed by atoms with Crippen LogP contribution in [0.25, 0.3) is 99.1 Å². The van der Waals surface area contributed by atoms with E-state index in [9.17, 15) is 0 Å². The average molecular weight is 529 g/mol. The molecule has 0 heterocycles. The lowest BCUT2D eigenvalue weighted by Gasteiger charge is -2.12. The van der Waals surface area contributed by atoms with Crippen LogP contribution in [0.4, 0.5) is 0 Å². The van der Waals surface area contributed by atoms with Crippen molar-refractivity contribution in [2.75, 3.05) is 0 Å². The van der Waals surface area contributed by atoms with Gasteiger partial charge in [-0.2, -0.15) is 0 Å². The lowest BCUT2D eigenvalue weighted by atomic mass is 9.91. The van der Waals surface area contributed by atoms with E-state index in [2.05, 4.69) is 146 Å². The third-order valence-electron chi connectivity index (χ3n) is 9.54. The van der Waals surface area contributed by atoms with Gasteiger partial charge in [-0.05, 0) is 117 Å². The predicted octanol–water partition coefficient (Wildman–Crippen LogP) is 11.8. The van der Waals surface area contributed by atoms with E-state index in [0.717, 1.165) is 0 Å². The molecule has 0 N–H and O–H groups in total. The molecular weight excluding hydrogens is 504 g/mol. The summed E-state index contributed by atoms with van der Waals surface area (Å²) in [5, 5.41) is 7.93. The SMILES string of the molecule is c1cc(-c2ccc3c(c2)-c2cccc4cccc-3c24)c2cc(-c3ccc4c(c3)-c3cccc5cccc-4c35)ccc2c1. The first-order valence-electron chi connectivity index (χ1n) is 14.7. The molecule has 0 saturated heterocycles. The van der Waals surface area contributed by atoms with Crippen molar-refractivity contribution in [2.45, 2.75) is 0 Å². The van der Waals surface area contributed by atoms with Crippen LogP contribution in [0.2, 0.25) is 0 Å². The van der Waals surface area contributed by atoms with Gasteiger partial charge in [-0.15, -0.1) is 0 Å². The number of fused-ring (bicyclic) bond motifs is 7. The predicted molar refractivity (Wildman–Crippen MR) is 179 cm³/mol. The zero-order valence-electron chi connectivity index (χ0n) is 22.9. The highest BCUT2D eigenvalue weighted by Crippen LogP contribution is 2.50. The largest absolute Gasteiger partial charge is 0.0610 e. The molecule has 192 valence electrons. The van der Waals surface area contributed by atoms with Gasteiger partial charge in [-0.25, -0.2) is 0 Å². The van der Waals surface area contributed by atoms with Crippen molar-refractivity contribution in [1.29, 1.82) is 0 Å². The highest BCUT2D eigenvalue weighted by Gasteiger charge is 2.23. The fourth-order valence-corrected chi connectivity index (χ4v) is 7.63. The maximum absolute atomic E-state index is 2.40. The molecule has 2 aliphatic carbocycles. The van der Waals surface area contributed by atoms with E-state index in [-0.39, 0.29) is 0 Å². The van der Waals surface area contributed by atoms with Gasteiger partial charge in [0.15, 0.2) is 0 Å². The summed E-state index contributed by atoms with van der Waals surface area (Å²) in [5.41, 5.74) is 15.8. The summed E-state index contributed by atoms with van der Waals surface area (Å²) in [4.78, 5) is 0. The van der Waals surface area contributed by atoms with Crippen molar-refractivity contribution in [3.05, 3.63) is 146 Å². The van der Waals surface area contributed by atoms with Crippen molar-refractivity contribution in [3.63, 3.8) is 0 Å². The summed E-state index contributed by atoms with van der Waals surface area (Å²) in [6.07, 6.45) is 0. The molecule has 0 nitrogen and oxygen atoms in total. The van der Waals surface area contributed by atoms with Crippen LogP contribution in [0, 0.1) is 0 Å². The molecule has 0 spiro atoms. The Hall–Kier alpha value is -5.46. The van der Waals surface area contributed by atoms with Crippen LogP contribution in [0.5, 0.6) is 0 Å². The highest BCUT2D eigenvalue weighted by atomic mass is 14.3. The van der Waals surface area contributed by atoms with Gasteiger partial charge in [0.05, 0.1) is 0 Å². The number of benzene rings is 8. The quantitative estimate of drug-likeness (QED) is 0.209. The number of rotatable bonds is 2. The second kappa shape index (κ2) is 8.06. The molecular formula is C42H24. The second-order valence-corrected chi connectivity index (χ2v) is 11.7. The van der Waals surface area contributed by atoms with Crippen LogP contribution >= 0.6 is 0 Å². The fraction of sp³-hybridized carbons (Fsp3) is 0. The summed E-state index contributed by atoms with van der Waals surface area (Å²) < 4.78 is 0. The Labute approximate surface area is 244 Å². The first-order valence-corrected chi connectivity index (χ1v) is 14.7. The molecule has 0 heteroatoms. The van der Waals surface area contributed by atoms with Crippen LogP contribution in [-0.2, 0) is 0 Å². The smallest absolute Gasteiger partial charge is 0.00264 e. The Kier molecular flexibility index (Phi) is 4.27. The molecule has 8 aromatic rings. The zero-order valence-corrected chi connectivity index (χ0v) is 22.9. The molecule has 0 fully saturated rings. The molecule has 2 aliphatic rings. The average Bonchev–Trinajstić information content (AvgIpc) is 3.55. The van der Waals surface area contributed by atoms with Gasteiger partial charge in [0, 0.05) is 0 Å². The topological polar surface area (TPSA) is 0 Å². The Morgan fingerprint density at radius 3 is 1.26 bits per heavy atom. The molecule has 8 aromatic carbocycles. The molecule has 0 aromatic heterocycles. The second-order valence-electron chi connectivity index (χ2n) is 11.7. The van der Waals surface area contributed by atoms with Crippen molar-refractivity contribution >= 4 is 32.3 Å². The zero-order chi connectivity index (χ0) is 27.4. The summed E-state index contributed by atoms with van der Waals surface area (Å²) in [7, 11) is 0. The summed E-state index contributed by atoms with van der Waals surface area (Å²) >= 11 is 0. The minimum atomic E-state index is 1.25. The monoisotopic (exact) mass is 528 g/mol. The van der Waals surface area contributed by atoms with Gasteiger partial charge in [0.2, 0.25) is 0 Å². The summed E-state index contributed by atoms with van der Waals surface area (Å²) in [6.45, 7) is 0. The van der Waals surface area contributed by atoms with Gasteiger partial charge in [-0.1, -0.05) is 127 Å². The van der Waals surface area contributed by atoms with E-state index < -0.39 is 0 Å². The molecule has 0 amide bonds. The molecule has 0 unspecified atom stereocenters. The molecule has 0 radical (unpaired) electrons. The van der Waals surface area contributed by atoms with Crippen molar-refractivity contribution in [3.8, 4) is 66.8 Å². The van der Waals surface area contributed by atoms with Crippen LogP contribution in [0.3, 0.4) is 0 Å². The standard InChI is InChI=1S/C42H24/c1-6-25-16-17-28(29-18-20-32-34-12-2-7-26-9-4-14-36(41(26)34)39(32)23-29)22-38(25)31(11-1)30-19-21-33-35-13-3-8-27-10-5-15-37(42(27)35)40(33)24-30/h1-24H. The Balaban J connectivity index is 1.13. The van der Waals surface area contributed by atoms with E-state index in [1.807, 2.05) is 0 Å². The number of hydrogen-bond acceptors (Lipinski definition) is 0. The van der Waals surface area contributed by atoms with E-state index in [4.69, 9.17) is 0 Å². The molecule has 0 atom stereocenters. The first kappa shape index (κ1) is 22.3. The van der Waals surface area contributed by atoms with Gasteiger partial charge < -0.3 is 0 Å². The molecule has 10 rings (SSSR count). The molecule has 0 saturated carbocycles. The minimum Gasteiger partial charge on any atom is -0.0610 e. The van der Waals surface area contributed by atoms with Crippen molar-refractivity contribution in [1.82, 2.24) is 0 Å². The van der Waals surface area contributed by atoms with Crippen molar-refractivity contribution < 1.29 is 0 Å². The Morgan fingerprint density at radius 1 is 0.238 bits per heavy atom. The van der Waals surface area contributed by atoms with E-state index >= 15 is 0 Å². The van der Waals surface area contributed by atoms with Gasteiger partial charge >= 0.3 is 0 Å². The Morgan fingerprint density at radius 2 is 0.667 bits per heavy atom. The lowest BCUT2D eigenvalue weighted by Crippen LogP contribution is -1.86. The van der Waals surface area contributed by atoms with Crippen molar-refractivity contribution in [2.24, 2.45) is 0 Å². The lowest BCUT2D eigenvalue weighted by molar-refractivity contribution is 1.62. The van der Waals surface area contributed by atoms with E-state index in [1.54, 1.807) is 0 Å². The third kappa shape index (κ3) is 2.91. The minimum absolute atomic E-state index is 1.25. The van der Waals surface area contributed by atoms with E-state index in [1.165, 1.54) is 99.1 Å².